The fourth-order valence-corrected chi connectivity index (χ4v) is 1.89. The van der Waals surface area contributed by atoms with Gasteiger partial charge in [0.05, 0.1) is 11.3 Å². The first kappa shape index (κ1) is 13.9. The maximum absolute atomic E-state index is 10.9. The van der Waals surface area contributed by atoms with Crippen molar-refractivity contribution < 1.29 is 4.79 Å². The third-order valence-corrected chi connectivity index (χ3v) is 2.82. The number of nitriles is 1. The maximum atomic E-state index is 10.9. The Morgan fingerprint density at radius 1 is 1.15 bits per heavy atom. The predicted octanol–water partition coefficient (Wildman–Crippen LogP) is 3.91. The van der Waals surface area contributed by atoms with Crippen LogP contribution >= 0.6 is 11.6 Å². The third kappa shape index (κ3) is 3.50. The van der Waals surface area contributed by atoms with Gasteiger partial charge >= 0.3 is 0 Å². The molecule has 0 bridgehead atoms. The largest absolute Gasteiger partial charge is 0.354 e. The van der Waals surface area contributed by atoms with Gasteiger partial charge in [-0.3, -0.25) is 4.79 Å². The zero-order chi connectivity index (χ0) is 14.5. The molecule has 0 unspecified atom stereocenters. The van der Waals surface area contributed by atoms with Gasteiger partial charge in [-0.2, -0.15) is 5.26 Å². The van der Waals surface area contributed by atoms with E-state index in [9.17, 15) is 4.79 Å². The highest BCUT2D eigenvalue weighted by atomic mass is 35.5. The van der Waals surface area contributed by atoms with Crippen molar-refractivity contribution in [1.82, 2.24) is 0 Å². The summed E-state index contributed by atoms with van der Waals surface area (Å²) < 4.78 is 0. The van der Waals surface area contributed by atoms with Crippen molar-refractivity contribution in [3.63, 3.8) is 0 Å². The highest BCUT2D eigenvalue weighted by molar-refractivity contribution is 6.30. The van der Waals surface area contributed by atoms with Crippen LogP contribution in [-0.2, 0) is 4.79 Å². The SMILES string of the molecule is CC(=O)Nc1ccc(Nc2ccc(Cl)cc2C#N)cc1. The van der Waals surface area contributed by atoms with Crippen LogP contribution in [-0.4, -0.2) is 5.91 Å². The molecule has 2 aromatic carbocycles. The Bertz CT molecular complexity index is 675. The molecule has 0 radical (unpaired) electrons. The molecule has 0 aromatic heterocycles. The molecule has 0 saturated carbocycles. The molecule has 1 amide bonds. The van der Waals surface area contributed by atoms with E-state index < -0.39 is 0 Å². The van der Waals surface area contributed by atoms with Gasteiger partial charge in [-0.1, -0.05) is 11.6 Å². The first-order chi connectivity index (χ1) is 9.58. The quantitative estimate of drug-likeness (QED) is 0.898. The Balaban J connectivity index is 2.18. The molecule has 4 nitrogen and oxygen atoms in total. The summed E-state index contributed by atoms with van der Waals surface area (Å²) in [5.74, 6) is -0.116. The molecule has 2 aromatic rings. The molecular weight excluding hydrogens is 274 g/mol. The molecule has 0 fully saturated rings. The fourth-order valence-electron chi connectivity index (χ4n) is 1.71. The minimum atomic E-state index is -0.116. The van der Waals surface area contributed by atoms with Gasteiger partial charge in [0.25, 0.3) is 0 Å². The minimum absolute atomic E-state index is 0.116. The van der Waals surface area contributed by atoms with Crippen molar-refractivity contribution >= 4 is 34.6 Å². The summed E-state index contributed by atoms with van der Waals surface area (Å²) in [5, 5.41) is 15.4. The summed E-state index contributed by atoms with van der Waals surface area (Å²) in [6, 6.07) is 14.4. The molecule has 100 valence electrons. The molecule has 2 N–H and O–H groups in total. The summed E-state index contributed by atoms with van der Waals surface area (Å²) in [4.78, 5) is 10.9. The standard InChI is InChI=1S/C15H12ClN3O/c1-10(20)18-13-3-5-14(6-4-13)19-15-7-2-12(16)8-11(15)9-17/h2-8,19H,1H3,(H,18,20). The van der Waals surface area contributed by atoms with Gasteiger partial charge in [-0.15, -0.1) is 0 Å². The summed E-state index contributed by atoms with van der Waals surface area (Å²) >= 11 is 5.85. The lowest BCUT2D eigenvalue weighted by atomic mass is 10.2. The number of benzene rings is 2. The lowest BCUT2D eigenvalue weighted by molar-refractivity contribution is -0.114. The van der Waals surface area contributed by atoms with Gasteiger partial charge in [-0.05, 0) is 42.5 Å². The Hall–Kier alpha value is -2.51. The summed E-state index contributed by atoms with van der Waals surface area (Å²) in [6.07, 6.45) is 0. The molecule has 0 saturated heterocycles. The molecule has 5 heteroatoms. The zero-order valence-corrected chi connectivity index (χ0v) is 11.5. The number of rotatable bonds is 3. The van der Waals surface area contributed by atoms with Crippen molar-refractivity contribution in [3.8, 4) is 6.07 Å². The molecule has 2 rings (SSSR count). The van der Waals surface area contributed by atoms with E-state index in [0.717, 1.165) is 11.4 Å². The third-order valence-electron chi connectivity index (χ3n) is 2.59. The van der Waals surface area contributed by atoms with Crippen LogP contribution in [0.15, 0.2) is 42.5 Å². The van der Waals surface area contributed by atoms with Crippen molar-refractivity contribution in [1.29, 1.82) is 5.26 Å². The number of hydrogen-bond donors (Lipinski definition) is 2. The van der Waals surface area contributed by atoms with E-state index in [1.54, 1.807) is 30.3 Å². The van der Waals surface area contributed by atoms with Crippen molar-refractivity contribution in [3.05, 3.63) is 53.1 Å². The zero-order valence-electron chi connectivity index (χ0n) is 10.8. The smallest absolute Gasteiger partial charge is 0.221 e. The second kappa shape index (κ2) is 6.09. The van der Waals surface area contributed by atoms with Crippen LogP contribution in [0.25, 0.3) is 0 Å². The van der Waals surface area contributed by atoms with E-state index in [2.05, 4.69) is 16.7 Å². The lowest BCUT2D eigenvalue weighted by Crippen LogP contribution is -2.05. The van der Waals surface area contributed by atoms with Gasteiger partial charge < -0.3 is 10.6 Å². The normalized spacial score (nSPS) is 9.65. The Morgan fingerprint density at radius 3 is 2.40 bits per heavy atom. The summed E-state index contributed by atoms with van der Waals surface area (Å²) in [7, 11) is 0. The van der Waals surface area contributed by atoms with Crippen LogP contribution < -0.4 is 10.6 Å². The second-order valence-corrected chi connectivity index (χ2v) is 4.62. The Kier molecular flexibility index (Phi) is 4.24. The molecule has 20 heavy (non-hydrogen) atoms. The van der Waals surface area contributed by atoms with Crippen molar-refractivity contribution in [2.45, 2.75) is 6.92 Å². The maximum Gasteiger partial charge on any atom is 0.221 e. The Morgan fingerprint density at radius 2 is 1.80 bits per heavy atom. The number of carbonyl (C=O) groups excluding carboxylic acids is 1. The van der Waals surface area contributed by atoms with Gasteiger partial charge in [-0.25, -0.2) is 0 Å². The van der Waals surface area contributed by atoms with Crippen LogP contribution in [0.1, 0.15) is 12.5 Å². The average molecular weight is 286 g/mol. The number of nitrogens with one attached hydrogen (secondary N) is 2. The molecular formula is C15H12ClN3O. The average Bonchev–Trinajstić information content (AvgIpc) is 2.42. The number of carbonyl (C=O) groups is 1. The van der Waals surface area contributed by atoms with Gasteiger partial charge in [0.1, 0.15) is 6.07 Å². The molecule has 0 aliphatic rings. The lowest BCUT2D eigenvalue weighted by Gasteiger charge is -2.09. The van der Waals surface area contributed by atoms with Crippen molar-refractivity contribution in [2.24, 2.45) is 0 Å². The highest BCUT2D eigenvalue weighted by Gasteiger charge is 2.03. The van der Waals surface area contributed by atoms with E-state index >= 15 is 0 Å². The van der Waals surface area contributed by atoms with E-state index in [0.29, 0.717) is 16.3 Å². The predicted molar refractivity (Wildman–Crippen MR) is 80.2 cm³/mol. The van der Waals surface area contributed by atoms with Crippen LogP contribution in [0.2, 0.25) is 5.02 Å². The molecule has 0 aliphatic heterocycles. The number of nitrogens with zero attached hydrogens (tertiary/aromatic N) is 1. The van der Waals surface area contributed by atoms with Gasteiger partial charge in [0.2, 0.25) is 5.91 Å². The van der Waals surface area contributed by atoms with Gasteiger partial charge in [0.15, 0.2) is 0 Å². The minimum Gasteiger partial charge on any atom is -0.354 e. The highest BCUT2D eigenvalue weighted by Crippen LogP contribution is 2.24. The molecule has 0 atom stereocenters. The Labute approximate surface area is 122 Å². The van der Waals surface area contributed by atoms with Crippen LogP contribution in [0.5, 0.6) is 0 Å². The van der Waals surface area contributed by atoms with Crippen LogP contribution in [0.4, 0.5) is 17.1 Å². The van der Waals surface area contributed by atoms with E-state index in [4.69, 9.17) is 16.9 Å². The van der Waals surface area contributed by atoms with Crippen molar-refractivity contribution in [2.75, 3.05) is 10.6 Å². The van der Waals surface area contributed by atoms with Crippen LogP contribution in [0.3, 0.4) is 0 Å². The number of hydrogen-bond acceptors (Lipinski definition) is 3. The molecule has 0 heterocycles. The second-order valence-electron chi connectivity index (χ2n) is 4.19. The van der Waals surface area contributed by atoms with E-state index in [1.807, 2.05) is 12.1 Å². The monoisotopic (exact) mass is 285 g/mol. The topological polar surface area (TPSA) is 64.9 Å². The first-order valence-electron chi connectivity index (χ1n) is 5.93. The van der Waals surface area contributed by atoms with E-state index in [-0.39, 0.29) is 5.91 Å². The molecule has 0 spiro atoms. The first-order valence-corrected chi connectivity index (χ1v) is 6.30. The number of amides is 1. The number of halogens is 1. The summed E-state index contributed by atoms with van der Waals surface area (Å²) in [5.41, 5.74) is 2.70. The fraction of sp³-hybridized carbons (Fsp3) is 0.0667. The van der Waals surface area contributed by atoms with Crippen LogP contribution in [0, 0.1) is 11.3 Å². The molecule has 0 aliphatic carbocycles. The number of anilines is 3. The summed E-state index contributed by atoms with van der Waals surface area (Å²) in [6.45, 7) is 1.46. The van der Waals surface area contributed by atoms with E-state index in [1.165, 1.54) is 6.92 Å². The van der Waals surface area contributed by atoms with Gasteiger partial charge in [0, 0.05) is 23.3 Å².